The van der Waals surface area contributed by atoms with Gasteiger partial charge in [0, 0.05) is 13.0 Å². The Balaban J connectivity index is 1.99. The van der Waals surface area contributed by atoms with E-state index in [-0.39, 0.29) is 30.4 Å². The summed E-state index contributed by atoms with van der Waals surface area (Å²) in [6.07, 6.45) is 1.92. The van der Waals surface area contributed by atoms with Crippen molar-refractivity contribution >= 4 is 28.2 Å². The van der Waals surface area contributed by atoms with E-state index in [1.807, 2.05) is 0 Å². The number of hydrogen-bond acceptors (Lipinski definition) is 4. The maximum Gasteiger partial charge on any atom is 0.264 e. The minimum atomic E-state index is -0.223. The SMILES string of the molecule is CC(CO)N(C)C(=O)c1ccc(NC(=O)C2CC2)s1. The zero-order valence-corrected chi connectivity index (χ0v) is 11.9. The summed E-state index contributed by atoms with van der Waals surface area (Å²) in [5.74, 6) is 0.0507. The van der Waals surface area contributed by atoms with Crippen LogP contribution in [0.1, 0.15) is 29.4 Å². The number of nitrogens with zero attached hydrogens (tertiary/aromatic N) is 1. The summed E-state index contributed by atoms with van der Waals surface area (Å²) in [5, 5.41) is 12.6. The van der Waals surface area contributed by atoms with E-state index in [1.54, 1.807) is 26.1 Å². The smallest absolute Gasteiger partial charge is 0.264 e. The fourth-order valence-electron chi connectivity index (χ4n) is 1.59. The van der Waals surface area contributed by atoms with Gasteiger partial charge in [0.15, 0.2) is 0 Å². The first kappa shape index (κ1) is 14.0. The first-order valence-corrected chi connectivity index (χ1v) is 7.13. The van der Waals surface area contributed by atoms with Crippen LogP contribution < -0.4 is 5.32 Å². The number of hydrogen-bond donors (Lipinski definition) is 2. The number of aliphatic hydroxyl groups excluding tert-OH is 1. The van der Waals surface area contributed by atoms with Crippen LogP contribution in [0.2, 0.25) is 0 Å². The van der Waals surface area contributed by atoms with Gasteiger partial charge in [-0.25, -0.2) is 0 Å². The van der Waals surface area contributed by atoms with Crippen LogP contribution in [0.5, 0.6) is 0 Å². The van der Waals surface area contributed by atoms with Crippen molar-refractivity contribution in [1.82, 2.24) is 4.90 Å². The van der Waals surface area contributed by atoms with Gasteiger partial charge < -0.3 is 15.3 Å². The van der Waals surface area contributed by atoms with Gasteiger partial charge in [-0.05, 0) is 31.9 Å². The number of nitrogens with one attached hydrogen (secondary N) is 1. The van der Waals surface area contributed by atoms with E-state index < -0.39 is 0 Å². The van der Waals surface area contributed by atoms with Gasteiger partial charge >= 0.3 is 0 Å². The molecule has 0 aliphatic heterocycles. The topological polar surface area (TPSA) is 69.6 Å². The number of thiophene rings is 1. The summed E-state index contributed by atoms with van der Waals surface area (Å²) in [7, 11) is 1.66. The highest BCUT2D eigenvalue weighted by Crippen LogP contribution is 2.31. The molecule has 1 unspecified atom stereocenters. The number of rotatable bonds is 5. The molecule has 0 radical (unpaired) electrons. The molecule has 1 aromatic heterocycles. The van der Waals surface area contributed by atoms with Crippen LogP contribution in [0.3, 0.4) is 0 Å². The molecular weight excluding hydrogens is 264 g/mol. The van der Waals surface area contributed by atoms with E-state index in [1.165, 1.54) is 16.2 Å². The average molecular weight is 282 g/mol. The lowest BCUT2D eigenvalue weighted by atomic mass is 10.3. The van der Waals surface area contributed by atoms with Crippen LogP contribution in [0.15, 0.2) is 12.1 Å². The van der Waals surface area contributed by atoms with Crippen molar-refractivity contribution in [2.75, 3.05) is 19.0 Å². The van der Waals surface area contributed by atoms with Gasteiger partial charge in [-0.2, -0.15) is 0 Å². The van der Waals surface area contributed by atoms with Crippen LogP contribution >= 0.6 is 11.3 Å². The molecule has 19 heavy (non-hydrogen) atoms. The van der Waals surface area contributed by atoms with Crippen LogP contribution in [0, 0.1) is 5.92 Å². The third-order valence-corrected chi connectivity index (χ3v) is 4.25. The summed E-state index contributed by atoms with van der Waals surface area (Å²) in [6, 6.07) is 3.23. The monoisotopic (exact) mass is 282 g/mol. The van der Waals surface area contributed by atoms with E-state index in [4.69, 9.17) is 5.11 Å². The summed E-state index contributed by atoms with van der Waals surface area (Å²) >= 11 is 1.27. The predicted molar refractivity (Wildman–Crippen MR) is 74.3 cm³/mol. The second-order valence-corrected chi connectivity index (χ2v) is 5.96. The highest BCUT2D eigenvalue weighted by Gasteiger charge is 2.30. The van der Waals surface area contributed by atoms with Gasteiger partial charge in [0.25, 0.3) is 5.91 Å². The number of carbonyl (C=O) groups excluding carboxylic acids is 2. The molecule has 6 heteroatoms. The lowest BCUT2D eigenvalue weighted by molar-refractivity contribution is -0.117. The molecule has 1 heterocycles. The van der Waals surface area contributed by atoms with Crippen molar-refractivity contribution in [3.05, 3.63) is 17.0 Å². The fraction of sp³-hybridized carbons (Fsp3) is 0.538. The van der Waals surface area contributed by atoms with Crippen molar-refractivity contribution in [2.45, 2.75) is 25.8 Å². The predicted octanol–water partition coefficient (Wildman–Crippen LogP) is 1.55. The number of anilines is 1. The maximum atomic E-state index is 12.1. The van der Waals surface area contributed by atoms with Crippen LogP contribution in [-0.2, 0) is 4.79 Å². The molecule has 2 rings (SSSR count). The lowest BCUT2D eigenvalue weighted by Gasteiger charge is -2.22. The van der Waals surface area contributed by atoms with Gasteiger partial charge in [-0.15, -0.1) is 11.3 Å². The fourth-order valence-corrected chi connectivity index (χ4v) is 2.48. The Hall–Kier alpha value is -1.40. The Bertz CT molecular complexity index is 482. The van der Waals surface area contributed by atoms with E-state index >= 15 is 0 Å². The molecule has 1 aliphatic carbocycles. The molecule has 1 fully saturated rings. The lowest BCUT2D eigenvalue weighted by Crippen LogP contribution is -2.36. The van der Waals surface area contributed by atoms with E-state index in [0.717, 1.165) is 12.8 Å². The Labute approximate surface area is 116 Å². The molecular formula is C13H18N2O3S. The third-order valence-electron chi connectivity index (χ3n) is 3.26. The Morgan fingerprint density at radius 1 is 1.53 bits per heavy atom. The third kappa shape index (κ3) is 3.33. The zero-order valence-electron chi connectivity index (χ0n) is 11.0. The number of likely N-dealkylation sites (N-methyl/N-ethyl adjacent to an activating group) is 1. The van der Waals surface area contributed by atoms with Crippen LogP contribution in [-0.4, -0.2) is 41.5 Å². The van der Waals surface area contributed by atoms with Crippen molar-refractivity contribution in [1.29, 1.82) is 0 Å². The standard InChI is InChI=1S/C13H18N2O3S/c1-8(7-16)15(2)13(18)10-5-6-11(19-10)14-12(17)9-3-4-9/h5-6,8-9,16H,3-4,7H2,1-2H3,(H,14,17). The maximum absolute atomic E-state index is 12.1. The van der Waals surface area contributed by atoms with Crippen molar-refractivity contribution in [2.24, 2.45) is 5.92 Å². The first-order chi connectivity index (χ1) is 9.02. The molecule has 0 aromatic carbocycles. The summed E-state index contributed by atoms with van der Waals surface area (Å²) < 4.78 is 0. The van der Waals surface area contributed by atoms with Crippen molar-refractivity contribution in [3.8, 4) is 0 Å². The Kier molecular flexibility index (Phi) is 4.21. The Morgan fingerprint density at radius 2 is 2.21 bits per heavy atom. The van der Waals surface area contributed by atoms with Gasteiger partial charge in [-0.3, -0.25) is 9.59 Å². The average Bonchev–Trinajstić information content (AvgIpc) is 3.17. The van der Waals surface area contributed by atoms with Crippen molar-refractivity contribution in [3.63, 3.8) is 0 Å². The van der Waals surface area contributed by atoms with Gasteiger partial charge in [0.1, 0.15) is 0 Å². The van der Waals surface area contributed by atoms with Gasteiger partial charge in [0.05, 0.1) is 22.5 Å². The highest BCUT2D eigenvalue weighted by molar-refractivity contribution is 7.18. The highest BCUT2D eigenvalue weighted by atomic mass is 32.1. The van der Waals surface area contributed by atoms with E-state index in [0.29, 0.717) is 9.88 Å². The molecule has 1 saturated carbocycles. The number of aliphatic hydroxyl groups is 1. The van der Waals surface area contributed by atoms with Gasteiger partial charge in [-0.1, -0.05) is 0 Å². The minimum Gasteiger partial charge on any atom is -0.394 e. The largest absolute Gasteiger partial charge is 0.394 e. The molecule has 1 atom stereocenters. The van der Waals surface area contributed by atoms with Gasteiger partial charge in [0.2, 0.25) is 5.91 Å². The zero-order chi connectivity index (χ0) is 14.0. The van der Waals surface area contributed by atoms with Crippen LogP contribution in [0.4, 0.5) is 5.00 Å². The molecule has 0 spiro atoms. The quantitative estimate of drug-likeness (QED) is 0.861. The van der Waals surface area contributed by atoms with E-state index in [2.05, 4.69) is 5.32 Å². The molecule has 0 bridgehead atoms. The molecule has 5 nitrogen and oxygen atoms in total. The summed E-state index contributed by atoms with van der Waals surface area (Å²) in [4.78, 5) is 25.8. The summed E-state index contributed by atoms with van der Waals surface area (Å²) in [5.41, 5.74) is 0. The molecule has 104 valence electrons. The normalized spacial score (nSPS) is 15.9. The second kappa shape index (κ2) is 5.71. The Morgan fingerprint density at radius 3 is 2.79 bits per heavy atom. The van der Waals surface area contributed by atoms with E-state index in [9.17, 15) is 9.59 Å². The number of carbonyl (C=O) groups is 2. The summed E-state index contributed by atoms with van der Waals surface area (Å²) in [6.45, 7) is 1.71. The minimum absolute atomic E-state index is 0.0397. The molecule has 2 N–H and O–H groups in total. The second-order valence-electron chi connectivity index (χ2n) is 4.88. The number of amides is 2. The first-order valence-electron chi connectivity index (χ1n) is 6.31. The molecule has 1 aliphatic rings. The van der Waals surface area contributed by atoms with Crippen LogP contribution in [0.25, 0.3) is 0 Å². The molecule has 2 amide bonds. The molecule has 0 saturated heterocycles. The molecule has 1 aromatic rings. The van der Waals surface area contributed by atoms with Crippen molar-refractivity contribution < 1.29 is 14.7 Å².